The van der Waals surface area contributed by atoms with E-state index in [1.165, 1.54) is 6.92 Å². The number of rotatable bonds is 3. The van der Waals surface area contributed by atoms with Gasteiger partial charge < -0.3 is 14.9 Å². The van der Waals surface area contributed by atoms with Gasteiger partial charge in [-0.15, -0.1) is 0 Å². The first-order valence-corrected chi connectivity index (χ1v) is 10.8. The van der Waals surface area contributed by atoms with E-state index in [2.05, 4.69) is 6.92 Å². The second-order valence-corrected chi connectivity index (χ2v) is 10.1. The number of ketones is 2. The van der Waals surface area contributed by atoms with E-state index in [4.69, 9.17) is 4.74 Å². The Hall–Kier alpha value is -1.53. The molecule has 0 spiro atoms. The van der Waals surface area contributed by atoms with Gasteiger partial charge in [-0.05, 0) is 67.8 Å². The normalized spacial score (nSPS) is 46.2. The number of hydrogen-bond acceptors (Lipinski definition) is 6. The summed E-state index contributed by atoms with van der Waals surface area (Å²) in [5.41, 5.74) is -1.12. The Morgan fingerprint density at radius 3 is 2.59 bits per heavy atom. The summed E-state index contributed by atoms with van der Waals surface area (Å²) in [6.07, 6.45) is 5.59. The number of Topliss-reactive ketones (excluding diaryl/α,β-unsaturated/α-hetero) is 1. The summed E-state index contributed by atoms with van der Waals surface area (Å²) in [4.78, 5) is 36.8. The molecule has 0 amide bonds. The Balaban J connectivity index is 1.76. The third kappa shape index (κ3) is 2.71. The van der Waals surface area contributed by atoms with E-state index >= 15 is 0 Å². The summed E-state index contributed by atoms with van der Waals surface area (Å²) < 4.78 is 5.68. The summed E-state index contributed by atoms with van der Waals surface area (Å²) in [7, 11) is 0. The molecule has 0 bridgehead atoms. The number of aliphatic hydroxyl groups excluding tert-OH is 2. The van der Waals surface area contributed by atoms with E-state index < -0.39 is 35.5 Å². The highest BCUT2D eigenvalue weighted by Crippen LogP contribution is 2.68. The SMILES string of the molecule is CC(=O)O[C@]1(C(=O)CO)CC[C@H]2[C@H]3CCC4=CC(=O)CC[C@]4(C)[C@H]3[C@@H](O)C[C@@]21C. The Kier molecular flexibility index (Phi) is 4.82. The Morgan fingerprint density at radius 2 is 1.93 bits per heavy atom. The maximum atomic E-state index is 12.9. The predicted octanol–water partition coefficient (Wildman–Crippen LogP) is 2.35. The fraction of sp³-hybridized carbons (Fsp3) is 0.783. The number of aliphatic hydroxyl groups is 2. The topological polar surface area (TPSA) is 101 Å². The van der Waals surface area contributed by atoms with Crippen LogP contribution >= 0.6 is 0 Å². The molecular weight excluding hydrogens is 372 g/mol. The maximum Gasteiger partial charge on any atom is 0.303 e. The molecule has 3 saturated carbocycles. The average Bonchev–Trinajstić information content (AvgIpc) is 2.93. The van der Waals surface area contributed by atoms with Crippen molar-refractivity contribution in [2.45, 2.75) is 77.4 Å². The minimum atomic E-state index is -1.37. The number of ether oxygens (including phenoxy) is 1. The summed E-state index contributed by atoms with van der Waals surface area (Å²) in [6.45, 7) is 4.76. The predicted molar refractivity (Wildman–Crippen MR) is 105 cm³/mol. The van der Waals surface area contributed by atoms with Crippen LogP contribution < -0.4 is 0 Å². The molecule has 0 saturated heterocycles. The Morgan fingerprint density at radius 1 is 1.21 bits per heavy atom. The van der Waals surface area contributed by atoms with Gasteiger partial charge in [0.25, 0.3) is 0 Å². The molecule has 6 nitrogen and oxygen atoms in total. The van der Waals surface area contributed by atoms with Crippen molar-refractivity contribution >= 4 is 17.5 Å². The van der Waals surface area contributed by atoms with Crippen molar-refractivity contribution in [3.05, 3.63) is 11.6 Å². The number of fused-ring (bicyclic) bond motifs is 5. The van der Waals surface area contributed by atoms with Crippen molar-refractivity contribution in [2.75, 3.05) is 6.61 Å². The smallest absolute Gasteiger partial charge is 0.303 e. The van der Waals surface area contributed by atoms with Crippen LogP contribution in [0.1, 0.15) is 65.7 Å². The lowest BCUT2D eigenvalue weighted by Gasteiger charge is -2.60. The van der Waals surface area contributed by atoms with Gasteiger partial charge in [0.1, 0.15) is 6.61 Å². The van der Waals surface area contributed by atoms with Crippen molar-refractivity contribution in [1.82, 2.24) is 0 Å². The molecule has 4 aliphatic carbocycles. The van der Waals surface area contributed by atoms with Crippen molar-refractivity contribution in [3.63, 3.8) is 0 Å². The molecule has 4 rings (SSSR count). The number of hydrogen-bond donors (Lipinski definition) is 2. The van der Waals surface area contributed by atoms with E-state index in [0.29, 0.717) is 19.3 Å². The molecule has 0 aromatic heterocycles. The molecule has 0 aromatic rings. The molecule has 0 aromatic carbocycles. The lowest BCUT2D eigenvalue weighted by Crippen LogP contribution is -2.63. The summed E-state index contributed by atoms with van der Waals surface area (Å²) >= 11 is 0. The van der Waals surface area contributed by atoms with E-state index in [-0.39, 0.29) is 29.0 Å². The van der Waals surface area contributed by atoms with Gasteiger partial charge in [0, 0.05) is 18.8 Å². The Labute approximate surface area is 171 Å². The van der Waals surface area contributed by atoms with Crippen molar-refractivity contribution in [2.24, 2.45) is 28.6 Å². The number of allylic oxidation sites excluding steroid dienone is 1. The van der Waals surface area contributed by atoms with Gasteiger partial charge >= 0.3 is 5.97 Å². The molecular formula is C23H32O6. The van der Waals surface area contributed by atoms with Crippen molar-refractivity contribution in [1.29, 1.82) is 0 Å². The van der Waals surface area contributed by atoms with Gasteiger partial charge in [-0.25, -0.2) is 0 Å². The minimum absolute atomic E-state index is 0.0334. The monoisotopic (exact) mass is 404 g/mol. The van der Waals surface area contributed by atoms with Gasteiger partial charge in [-0.3, -0.25) is 14.4 Å². The molecule has 6 heteroatoms. The van der Waals surface area contributed by atoms with Gasteiger partial charge in [-0.2, -0.15) is 0 Å². The lowest BCUT2D eigenvalue weighted by molar-refractivity contribution is -0.200. The molecule has 0 unspecified atom stereocenters. The van der Waals surface area contributed by atoms with E-state index in [1.54, 1.807) is 6.08 Å². The van der Waals surface area contributed by atoms with Crippen LogP contribution in [0.4, 0.5) is 0 Å². The van der Waals surface area contributed by atoms with E-state index in [9.17, 15) is 24.6 Å². The zero-order chi connectivity index (χ0) is 21.2. The second-order valence-electron chi connectivity index (χ2n) is 10.1. The van der Waals surface area contributed by atoms with Crippen LogP contribution in [0.15, 0.2) is 11.6 Å². The van der Waals surface area contributed by atoms with Crippen LogP contribution in [0, 0.1) is 28.6 Å². The summed E-state index contributed by atoms with van der Waals surface area (Å²) in [5.74, 6) is -0.462. The summed E-state index contributed by atoms with van der Waals surface area (Å²) in [5, 5.41) is 21.0. The molecule has 7 atom stereocenters. The number of esters is 1. The van der Waals surface area contributed by atoms with Crippen LogP contribution in [-0.4, -0.2) is 46.1 Å². The van der Waals surface area contributed by atoms with E-state index in [1.807, 2.05) is 6.92 Å². The zero-order valence-electron chi connectivity index (χ0n) is 17.6. The minimum Gasteiger partial charge on any atom is -0.451 e. The quantitative estimate of drug-likeness (QED) is 0.701. The maximum absolute atomic E-state index is 12.9. The third-order valence-corrected chi connectivity index (χ3v) is 8.93. The molecule has 29 heavy (non-hydrogen) atoms. The number of carbonyl (C=O) groups is 3. The lowest BCUT2D eigenvalue weighted by atomic mass is 9.45. The molecule has 2 N–H and O–H groups in total. The van der Waals surface area contributed by atoms with Crippen LogP contribution in [0.2, 0.25) is 0 Å². The average molecular weight is 405 g/mol. The first kappa shape index (κ1) is 20.7. The van der Waals surface area contributed by atoms with Crippen molar-refractivity contribution < 1.29 is 29.3 Å². The van der Waals surface area contributed by atoms with Crippen LogP contribution in [0.3, 0.4) is 0 Å². The molecule has 0 radical (unpaired) electrons. The largest absolute Gasteiger partial charge is 0.451 e. The fourth-order valence-electron chi connectivity index (χ4n) is 7.73. The highest BCUT2D eigenvalue weighted by atomic mass is 16.6. The first-order chi connectivity index (χ1) is 13.6. The van der Waals surface area contributed by atoms with Gasteiger partial charge in [-0.1, -0.05) is 19.4 Å². The molecule has 4 aliphatic rings. The third-order valence-electron chi connectivity index (χ3n) is 8.93. The standard InChI is InChI=1S/C23H32O6/c1-13(25)29-23(19(28)12-24)9-7-17-16-5-4-14-10-15(26)6-8-21(14,2)20(16)18(27)11-22(17,23)3/h10,16-18,20,24,27H,4-9,11-12H2,1-3H3/t16-,17+,18+,20-,21+,22+,23+/m1/s1. The number of carbonyl (C=O) groups excluding carboxylic acids is 3. The van der Waals surface area contributed by atoms with Crippen LogP contribution in [0.25, 0.3) is 0 Å². The van der Waals surface area contributed by atoms with E-state index in [0.717, 1.165) is 31.3 Å². The van der Waals surface area contributed by atoms with Crippen LogP contribution in [-0.2, 0) is 19.1 Å². The molecule has 0 heterocycles. The van der Waals surface area contributed by atoms with Gasteiger partial charge in [0.2, 0.25) is 5.78 Å². The fourth-order valence-corrected chi connectivity index (χ4v) is 7.73. The first-order valence-electron chi connectivity index (χ1n) is 10.8. The molecule has 0 aliphatic heterocycles. The summed E-state index contributed by atoms with van der Waals surface area (Å²) in [6, 6.07) is 0. The van der Waals surface area contributed by atoms with Crippen LogP contribution in [0.5, 0.6) is 0 Å². The Bertz CT molecular complexity index is 786. The zero-order valence-corrected chi connectivity index (χ0v) is 17.6. The van der Waals surface area contributed by atoms with Gasteiger partial charge in [0.05, 0.1) is 6.10 Å². The van der Waals surface area contributed by atoms with Gasteiger partial charge in [0.15, 0.2) is 11.4 Å². The highest BCUT2D eigenvalue weighted by molar-refractivity contribution is 5.92. The molecule has 3 fully saturated rings. The highest BCUT2D eigenvalue weighted by Gasteiger charge is 2.70. The van der Waals surface area contributed by atoms with Crippen molar-refractivity contribution in [3.8, 4) is 0 Å². The molecule has 160 valence electrons. The second kappa shape index (κ2) is 6.74.